The number of halogens is 2. The van der Waals surface area contributed by atoms with Crippen LogP contribution in [0.1, 0.15) is 36.2 Å². The predicted octanol–water partition coefficient (Wildman–Crippen LogP) is 4.07. The van der Waals surface area contributed by atoms with Crippen molar-refractivity contribution in [1.82, 2.24) is 5.32 Å². The van der Waals surface area contributed by atoms with Crippen LogP contribution in [0.25, 0.3) is 0 Å². The first kappa shape index (κ1) is 17.4. The number of hydrogen-bond donors (Lipinski definition) is 1. The minimum atomic E-state index is -0.602. The van der Waals surface area contributed by atoms with E-state index in [2.05, 4.69) is 5.32 Å². The molecule has 1 amide bonds. The highest BCUT2D eigenvalue weighted by Crippen LogP contribution is 2.64. The highest BCUT2D eigenvalue weighted by molar-refractivity contribution is 5.94. The fraction of sp³-hybridized carbons (Fsp3) is 0.350. The first-order valence-corrected chi connectivity index (χ1v) is 8.17. The fourth-order valence-electron chi connectivity index (χ4n) is 3.54. The zero-order chi connectivity index (χ0) is 18.2. The van der Waals surface area contributed by atoms with Crippen LogP contribution in [0.4, 0.5) is 8.78 Å². The molecule has 1 N–H and O–H groups in total. The summed E-state index contributed by atoms with van der Waals surface area (Å²) in [5.41, 5.74) is 0.226. The second kappa shape index (κ2) is 6.14. The quantitative estimate of drug-likeness (QED) is 0.887. The molecule has 1 fully saturated rings. The summed E-state index contributed by atoms with van der Waals surface area (Å²) in [7, 11) is 1.54. The molecule has 5 heteroatoms. The van der Waals surface area contributed by atoms with E-state index >= 15 is 0 Å². The van der Waals surface area contributed by atoms with Crippen molar-refractivity contribution in [1.29, 1.82) is 0 Å². The summed E-state index contributed by atoms with van der Waals surface area (Å²) in [5.74, 6) is -0.821. The van der Waals surface area contributed by atoms with E-state index in [1.807, 2.05) is 13.8 Å². The van der Waals surface area contributed by atoms with Crippen LogP contribution in [-0.4, -0.2) is 19.6 Å². The van der Waals surface area contributed by atoms with Gasteiger partial charge in [-0.05, 0) is 41.7 Å². The highest BCUT2D eigenvalue weighted by atomic mass is 19.1. The first-order chi connectivity index (χ1) is 11.8. The van der Waals surface area contributed by atoms with Crippen molar-refractivity contribution in [3.8, 4) is 5.75 Å². The van der Waals surface area contributed by atoms with E-state index in [0.29, 0.717) is 23.4 Å². The molecule has 0 heterocycles. The van der Waals surface area contributed by atoms with Crippen molar-refractivity contribution >= 4 is 5.91 Å². The van der Waals surface area contributed by atoms with Crippen molar-refractivity contribution < 1.29 is 18.3 Å². The van der Waals surface area contributed by atoms with Gasteiger partial charge in [-0.15, -0.1) is 0 Å². The van der Waals surface area contributed by atoms with Crippen molar-refractivity contribution in [3.63, 3.8) is 0 Å². The molecule has 1 aliphatic carbocycles. The van der Waals surface area contributed by atoms with Gasteiger partial charge in [0.25, 0.3) is 5.91 Å². The molecule has 0 aliphatic heterocycles. The topological polar surface area (TPSA) is 38.3 Å². The monoisotopic (exact) mass is 345 g/mol. The Labute approximate surface area is 146 Å². The van der Waals surface area contributed by atoms with Crippen molar-refractivity contribution in [2.45, 2.75) is 25.7 Å². The van der Waals surface area contributed by atoms with Crippen molar-refractivity contribution in [2.24, 2.45) is 5.41 Å². The SMILES string of the molecule is COc1cccc(C(=O)NCC2(c3ccc(F)cc3F)CC2(C)C)c1. The third-order valence-corrected chi connectivity index (χ3v) is 5.24. The minimum Gasteiger partial charge on any atom is -0.497 e. The van der Waals surface area contributed by atoms with Crippen LogP contribution in [0.5, 0.6) is 5.75 Å². The van der Waals surface area contributed by atoms with Crippen molar-refractivity contribution in [3.05, 3.63) is 65.2 Å². The molecule has 2 aromatic rings. The van der Waals surface area contributed by atoms with Gasteiger partial charge in [-0.3, -0.25) is 4.79 Å². The average molecular weight is 345 g/mol. The van der Waals surface area contributed by atoms with Crippen LogP contribution >= 0.6 is 0 Å². The molecule has 0 bridgehead atoms. The lowest BCUT2D eigenvalue weighted by Crippen LogP contribution is -2.35. The molecule has 0 radical (unpaired) electrons. The summed E-state index contributed by atoms with van der Waals surface area (Å²) in [4.78, 5) is 12.4. The molecular formula is C20H21F2NO2. The van der Waals surface area contributed by atoms with Crippen molar-refractivity contribution in [2.75, 3.05) is 13.7 Å². The lowest BCUT2D eigenvalue weighted by molar-refractivity contribution is 0.0947. The van der Waals surface area contributed by atoms with Gasteiger partial charge in [0.05, 0.1) is 7.11 Å². The molecule has 0 spiro atoms. The Kier molecular flexibility index (Phi) is 4.27. The number of carbonyl (C=O) groups is 1. The Balaban J connectivity index is 1.80. The molecule has 3 rings (SSSR count). The Morgan fingerprint density at radius 3 is 2.52 bits per heavy atom. The molecule has 1 unspecified atom stereocenters. The number of benzene rings is 2. The van der Waals surface area contributed by atoms with Gasteiger partial charge in [-0.1, -0.05) is 26.0 Å². The lowest BCUT2D eigenvalue weighted by Gasteiger charge is -2.22. The van der Waals surface area contributed by atoms with Gasteiger partial charge in [0, 0.05) is 23.6 Å². The summed E-state index contributed by atoms with van der Waals surface area (Å²) in [6, 6.07) is 10.5. The minimum absolute atomic E-state index is 0.173. The predicted molar refractivity (Wildman–Crippen MR) is 91.8 cm³/mol. The molecule has 3 nitrogen and oxygen atoms in total. The third-order valence-electron chi connectivity index (χ3n) is 5.24. The van der Waals surface area contributed by atoms with Crippen LogP contribution in [0.15, 0.2) is 42.5 Å². The highest BCUT2D eigenvalue weighted by Gasteiger charge is 2.62. The van der Waals surface area contributed by atoms with Crippen LogP contribution < -0.4 is 10.1 Å². The molecule has 1 aliphatic rings. The second-order valence-electron chi connectivity index (χ2n) is 7.18. The molecule has 1 atom stereocenters. The normalized spacial score (nSPS) is 20.8. The Morgan fingerprint density at radius 1 is 1.20 bits per heavy atom. The van der Waals surface area contributed by atoms with Crippen LogP contribution in [-0.2, 0) is 5.41 Å². The van der Waals surface area contributed by atoms with Gasteiger partial charge in [-0.25, -0.2) is 8.78 Å². The molecule has 25 heavy (non-hydrogen) atoms. The van der Waals surface area contributed by atoms with Gasteiger partial charge in [-0.2, -0.15) is 0 Å². The number of ether oxygens (including phenoxy) is 1. The van der Waals surface area contributed by atoms with Gasteiger partial charge < -0.3 is 10.1 Å². The molecule has 132 valence electrons. The van der Waals surface area contributed by atoms with E-state index < -0.39 is 17.0 Å². The van der Waals surface area contributed by atoms with Gasteiger partial charge in [0.1, 0.15) is 17.4 Å². The number of rotatable bonds is 5. The smallest absolute Gasteiger partial charge is 0.251 e. The van der Waals surface area contributed by atoms with E-state index in [-0.39, 0.29) is 11.3 Å². The van der Waals surface area contributed by atoms with Gasteiger partial charge >= 0.3 is 0 Å². The molecular weight excluding hydrogens is 324 g/mol. The number of hydrogen-bond acceptors (Lipinski definition) is 2. The largest absolute Gasteiger partial charge is 0.497 e. The van der Waals surface area contributed by atoms with Gasteiger partial charge in [0.15, 0.2) is 0 Å². The Bertz CT molecular complexity index is 819. The standard InChI is InChI=1S/C20H21F2NO2/c1-19(2)11-20(19,16-8-7-14(21)10-17(16)22)12-23-18(24)13-5-4-6-15(9-13)25-3/h4-10H,11-12H2,1-3H3,(H,23,24). The maximum Gasteiger partial charge on any atom is 0.251 e. The Hall–Kier alpha value is -2.43. The van der Waals surface area contributed by atoms with E-state index in [0.717, 1.165) is 12.5 Å². The molecule has 0 aromatic heterocycles. The number of methoxy groups -OCH3 is 1. The maximum absolute atomic E-state index is 14.3. The third kappa shape index (κ3) is 3.11. The summed E-state index contributed by atoms with van der Waals surface area (Å²) in [5, 5.41) is 2.89. The summed E-state index contributed by atoms with van der Waals surface area (Å²) in [6.07, 6.45) is 0.723. The van der Waals surface area contributed by atoms with E-state index in [1.54, 1.807) is 24.3 Å². The zero-order valence-corrected chi connectivity index (χ0v) is 14.5. The second-order valence-corrected chi connectivity index (χ2v) is 7.18. The number of carbonyl (C=O) groups excluding carboxylic acids is 1. The van der Waals surface area contributed by atoms with E-state index in [9.17, 15) is 13.6 Å². The van der Waals surface area contributed by atoms with E-state index in [4.69, 9.17) is 4.74 Å². The summed E-state index contributed by atoms with van der Waals surface area (Å²) < 4.78 is 32.7. The lowest BCUT2D eigenvalue weighted by atomic mass is 9.87. The average Bonchev–Trinajstić information content (AvgIpc) is 3.14. The zero-order valence-electron chi connectivity index (χ0n) is 14.5. The van der Waals surface area contributed by atoms with Crippen LogP contribution in [0.2, 0.25) is 0 Å². The first-order valence-electron chi connectivity index (χ1n) is 8.17. The van der Waals surface area contributed by atoms with Crippen LogP contribution in [0.3, 0.4) is 0 Å². The number of amides is 1. The van der Waals surface area contributed by atoms with Gasteiger partial charge in [0.2, 0.25) is 0 Å². The van der Waals surface area contributed by atoms with Crippen LogP contribution in [0, 0.1) is 17.0 Å². The summed E-state index contributed by atoms with van der Waals surface area (Å²) in [6.45, 7) is 4.33. The molecule has 2 aromatic carbocycles. The maximum atomic E-state index is 14.3. The summed E-state index contributed by atoms with van der Waals surface area (Å²) >= 11 is 0. The molecule has 0 saturated heterocycles. The fourth-order valence-corrected chi connectivity index (χ4v) is 3.54. The number of nitrogens with one attached hydrogen (secondary N) is 1. The molecule has 1 saturated carbocycles. The van der Waals surface area contributed by atoms with E-state index in [1.165, 1.54) is 19.2 Å². The Morgan fingerprint density at radius 2 is 1.92 bits per heavy atom.